The normalized spacial score (nSPS) is 15.3. The van der Waals surface area contributed by atoms with Crippen LogP contribution in [0.15, 0.2) is 0 Å². The summed E-state index contributed by atoms with van der Waals surface area (Å²) in [7, 11) is 0. The van der Waals surface area contributed by atoms with Crippen molar-refractivity contribution in [2.75, 3.05) is 24.2 Å². The van der Waals surface area contributed by atoms with Crippen molar-refractivity contribution in [1.29, 1.82) is 0 Å². The fourth-order valence-electron chi connectivity index (χ4n) is 1.95. The van der Waals surface area contributed by atoms with E-state index in [0.29, 0.717) is 12.0 Å². The highest BCUT2D eigenvalue weighted by atomic mass is 32.1. The minimum absolute atomic E-state index is 0.334. The lowest BCUT2D eigenvalue weighted by Crippen LogP contribution is -2.07. The Bertz CT molecular complexity index is 374. The molecule has 0 bridgehead atoms. The van der Waals surface area contributed by atoms with Gasteiger partial charge >= 0.3 is 0 Å². The summed E-state index contributed by atoms with van der Waals surface area (Å²) in [5, 5.41) is 4.64. The molecule has 1 aromatic heterocycles. The van der Waals surface area contributed by atoms with E-state index in [2.05, 4.69) is 23.5 Å². The second-order valence-corrected chi connectivity index (χ2v) is 5.91. The maximum Gasteiger partial charge on any atom is 0.142 e. The summed E-state index contributed by atoms with van der Waals surface area (Å²) < 4.78 is 9.76. The van der Waals surface area contributed by atoms with E-state index >= 15 is 0 Å². The zero-order valence-corrected chi connectivity index (χ0v) is 12.1. The quantitative estimate of drug-likeness (QED) is 0.711. The van der Waals surface area contributed by atoms with Crippen LogP contribution in [0.5, 0.6) is 0 Å². The highest BCUT2D eigenvalue weighted by Gasteiger charge is 2.30. The van der Waals surface area contributed by atoms with Crippen LogP contribution in [-0.2, 0) is 4.74 Å². The van der Waals surface area contributed by atoms with Gasteiger partial charge in [-0.2, -0.15) is 4.37 Å². The van der Waals surface area contributed by atoms with Crippen molar-refractivity contribution in [3.05, 3.63) is 5.56 Å². The van der Waals surface area contributed by atoms with Crippen molar-refractivity contribution in [3.63, 3.8) is 0 Å². The average Bonchev–Trinajstić information content (AvgIpc) is 3.08. The molecule has 18 heavy (non-hydrogen) atoms. The van der Waals surface area contributed by atoms with E-state index in [1.165, 1.54) is 34.9 Å². The van der Waals surface area contributed by atoms with Crippen LogP contribution < -0.4 is 11.1 Å². The summed E-state index contributed by atoms with van der Waals surface area (Å²) >= 11 is 1.50. The van der Waals surface area contributed by atoms with Crippen LogP contribution in [0.25, 0.3) is 0 Å². The molecule has 0 aliphatic heterocycles. The van der Waals surface area contributed by atoms with E-state index in [1.54, 1.807) is 0 Å². The first-order chi connectivity index (χ1) is 8.68. The van der Waals surface area contributed by atoms with Crippen molar-refractivity contribution < 1.29 is 4.74 Å². The Kier molecular flexibility index (Phi) is 4.83. The van der Waals surface area contributed by atoms with Gasteiger partial charge in [0.25, 0.3) is 0 Å². The number of hydrogen-bond donors (Lipinski definition) is 2. The number of aromatic nitrogens is 1. The Morgan fingerprint density at radius 1 is 1.44 bits per heavy atom. The molecule has 2 rings (SSSR count). The van der Waals surface area contributed by atoms with E-state index in [4.69, 9.17) is 10.5 Å². The summed E-state index contributed by atoms with van der Waals surface area (Å²) in [6, 6.07) is 0. The predicted octanol–water partition coefficient (Wildman–Crippen LogP) is 3.22. The van der Waals surface area contributed by atoms with E-state index in [-0.39, 0.29) is 0 Å². The number of unbranched alkanes of at least 4 members (excludes halogenated alkanes) is 1. The molecule has 0 saturated heterocycles. The molecule has 1 aliphatic carbocycles. The smallest absolute Gasteiger partial charge is 0.142 e. The van der Waals surface area contributed by atoms with Gasteiger partial charge in [-0.05, 0) is 57.0 Å². The van der Waals surface area contributed by atoms with E-state index in [1.807, 2.05) is 0 Å². The third-order valence-corrected chi connectivity index (χ3v) is 3.88. The van der Waals surface area contributed by atoms with Gasteiger partial charge in [0.1, 0.15) is 10.8 Å². The minimum Gasteiger partial charge on any atom is -0.383 e. The van der Waals surface area contributed by atoms with Crippen molar-refractivity contribution in [2.24, 2.45) is 0 Å². The summed E-state index contributed by atoms with van der Waals surface area (Å²) in [4.78, 5) is 0. The molecule has 1 aliphatic rings. The number of hydrogen-bond acceptors (Lipinski definition) is 5. The van der Waals surface area contributed by atoms with E-state index in [0.717, 1.165) is 31.8 Å². The molecule has 0 atom stereocenters. The summed E-state index contributed by atoms with van der Waals surface area (Å²) in [5.74, 6) is 1.39. The molecule has 0 amide bonds. The Hall–Kier alpha value is -0.810. The van der Waals surface area contributed by atoms with Crippen LogP contribution in [0.2, 0.25) is 0 Å². The van der Waals surface area contributed by atoms with Gasteiger partial charge in [-0.25, -0.2) is 0 Å². The number of rotatable bonds is 8. The molecule has 0 radical (unpaired) electrons. The van der Waals surface area contributed by atoms with Gasteiger partial charge in [-0.1, -0.05) is 0 Å². The fraction of sp³-hybridized carbons (Fsp3) is 0.769. The number of nitrogens with two attached hydrogens (primary N) is 1. The standard InChI is InChI=1S/C13H23N3OS/c1-9(2)17-8-4-3-7-15-13-11(10-5-6-10)12(14)16-18-13/h9-10,15H,3-8H2,1-2H3,(H2,14,16). The van der Waals surface area contributed by atoms with Crippen LogP contribution in [0.1, 0.15) is 51.0 Å². The van der Waals surface area contributed by atoms with Crippen LogP contribution in [-0.4, -0.2) is 23.6 Å². The Labute approximate surface area is 113 Å². The molecule has 0 aromatic carbocycles. The predicted molar refractivity (Wildman–Crippen MR) is 77.3 cm³/mol. The maximum absolute atomic E-state index is 5.91. The molecule has 1 saturated carbocycles. The molecule has 1 fully saturated rings. The van der Waals surface area contributed by atoms with Crippen molar-refractivity contribution >= 4 is 22.4 Å². The first-order valence-corrected chi connectivity index (χ1v) is 7.56. The highest BCUT2D eigenvalue weighted by Crippen LogP contribution is 2.47. The molecule has 102 valence electrons. The first-order valence-electron chi connectivity index (χ1n) is 6.79. The van der Waals surface area contributed by atoms with Crippen molar-refractivity contribution in [2.45, 2.75) is 51.6 Å². The molecule has 0 unspecified atom stereocenters. The highest BCUT2D eigenvalue weighted by molar-refractivity contribution is 7.10. The largest absolute Gasteiger partial charge is 0.383 e. The van der Waals surface area contributed by atoms with Crippen LogP contribution in [0.3, 0.4) is 0 Å². The lowest BCUT2D eigenvalue weighted by Gasteiger charge is -2.08. The number of nitrogens with zero attached hydrogens (tertiary/aromatic N) is 1. The van der Waals surface area contributed by atoms with Crippen molar-refractivity contribution in [3.8, 4) is 0 Å². The molecule has 1 aromatic rings. The monoisotopic (exact) mass is 269 g/mol. The van der Waals surface area contributed by atoms with Gasteiger partial charge in [0.05, 0.1) is 6.10 Å². The maximum atomic E-state index is 5.91. The summed E-state index contributed by atoms with van der Waals surface area (Å²) in [6.07, 6.45) is 5.08. The minimum atomic E-state index is 0.334. The molecule has 1 heterocycles. The second-order valence-electron chi connectivity index (χ2n) is 5.14. The fourth-order valence-corrected chi connectivity index (χ4v) is 2.78. The zero-order valence-electron chi connectivity index (χ0n) is 11.2. The molecule has 4 nitrogen and oxygen atoms in total. The Balaban J connectivity index is 1.67. The number of nitrogens with one attached hydrogen (secondary N) is 1. The Morgan fingerprint density at radius 2 is 2.22 bits per heavy atom. The number of ether oxygens (including phenoxy) is 1. The van der Waals surface area contributed by atoms with Gasteiger partial charge in [0.15, 0.2) is 0 Å². The molecule has 0 spiro atoms. The molecule has 5 heteroatoms. The van der Waals surface area contributed by atoms with Crippen LogP contribution in [0, 0.1) is 0 Å². The first kappa shape index (κ1) is 13.6. The second kappa shape index (κ2) is 6.38. The summed E-state index contributed by atoms with van der Waals surface area (Å²) in [6.45, 7) is 5.96. The van der Waals surface area contributed by atoms with Crippen LogP contribution >= 0.6 is 11.5 Å². The number of anilines is 2. The molecular weight excluding hydrogens is 246 g/mol. The van der Waals surface area contributed by atoms with E-state index < -0.39 is 0 Å². The number of nitrogen functional groups attached to an aromatic ring is 1. The van der Waals surface area contributed by atoms with Gasteiger partial charge < -0.3 is 15.8 Å². The van der Waals surface area contributed by atoms with E-state index in [9.17, 15) is 0 Å². The lowest BCUT2D eigenvalue weighted by molar-refractivity contribution is 0.0765. The third kappa shape index (κ3) is 3.85. The van der Waals surface area contributed by atoms with Gasteiger partial charge in [-0.15, -0.1) is 0 Å². The average molecular weight is 269 g/mol. The van der Waals surface area contributed by atoms with Crippen molar-refractivity contribution in [1.82, 2.24) is 4.37 Å². The van der Waals surface area contributed by atoms with Gasteiger partial charge in [-0.3, -0.25) is 0 Å². The zero-order chi connectivity index (χ0) is 13.0. The molecule has 3 N–H and O–H groups in total. The lowest BCUT2D eigenvalue weighted by atomic mass is 10.2. The molecular formula is C13H23N3OS. The topological polar surface area (TPSA) is 60.2 Å². The SMILES string of the molecule is CC(C)OCCCCNc1snc(N)c1C1CC1. The van der Waals surface area contributed by atoms with Crippen LogP contribution in [0.4, 0.5) is 10.8 Å². The van der Waals surface area contributed by atoms with Gasteiger partial charge in [0.2, 0.25) is 0 Å². The van der Waals surface area contributed by atoms with Gasteiger partial charge in [0, 0.05) is 18.7 Å². The Morgan fingerprint density at radius 3 is 2.89 bits per heavy atom. The summed E-state index contributed by atoms with van der Waals surface area (Å²) in [5.41, 5.74) is 7.17. The third-order valence-electron chi connectivity index (χ3n) is 3.05.